The van der Waals surface area contributed by atoms with E-state index in [2.05, 4.69) is 15.1 Å². The molecule has 0 bridgehead atoms. The molecule has 2 aliphatic heterocycles. The number of primary amides is 1. The summed E-state index contributed by atoms with van der Waals surface area (Å²) < 4.78 is 0. The van der Waals surface area contributed by atoms with E-state index in [9.17, 15) is 4.79 Å². The van der Waals surface area contributed by atoms with E-state index >= 15 is 0 Å². The van der Waals surface area contributed by atoms with Gasteiger partial charge in [0.25, 0.3) is 0 Å². The second kappa shape index (κ2) is 6.87. The molecule has 0 aliphatic carbocycles. The Bertz CT molecular complexity index is 336. The van der Waals surface area contributed by atoms with E-state index in [-0.39, 0.29) is 5.91 Å². The Morgan fingerprint density at radius 1 is 1.35 bits per heavy atom. The molecule has 5 nitrogen and oxygen atoms in total. The van der Waals surface area contributed by atoms with Crippen LogP contribution < -0.4 is 11.1 Å². The van der Waals surface area contributed by atoms with Gasteiger partial charge in [-0.3, -0.25) is 9.69 Å². The minimum Gasteiger partial charge on any atom is -0.368 e. The van der Waals surface area contributed by atoms with Gasteiger partial charge in [-0.1, -0.05) is 0 Å². The summed E-state index contributed by atoms with van der Waals surface area (Å²) in [6.07, 6.45) is 5.82. The summed E-state index contributed by atoms with van der Waals surface area (Å²) >= 11 is 0. The highest BCUT2D eigenvalue weighted by Crippen LogP contribution is 2.22. The van der Waals surface area contributed by atoms with Gasteiger partial charge < -0.3 is 16.0 Å². The number of fused-ring (bicyclic) bond motifs is 1. The molecule has 0 radical (unpaired) electrons. The van der Waals surface area contributed by atoms with Gasteiger partial charge in [0, 0.05) is 12.6 Å². The molecular weight excluding hydrogens is 252 g/mol. The monoisotopic (exact) mass is 282 g/mol. The van der Waals surface area contributed by atoms with Gasteiger partial charge in [-0.25, -0.2) is 0 Å². The topological polar surface area (TPSA) is 61.6 Å². The fourth-order valence-electron chi connectivity index (χ4n) is 3.51. The van der Waals surface area contributed by atoms with Crippen LogP contribution in [-0.2, 0) is 4.79 Å². The van der Waals surface area contributed by atoms with Crippen molar-refractivity contribution in [3.05, 3.63) is 0 Å². The van der Waals surface area contributed by atoms with Crippen LogP contribution in [0.5, 0.6) is 0 Å². The van der Waals surface area contributed by atoms with Crippen molar-refractivity contribution in [3.63, 3.8) is 0 Å². The number of hydrogen-bond acceptors (Lipinski definition) is 4. The smallest absolute Gasteiger partial charge is 0.237 e. The number of nitrogens with one attached hydrogen (secondary N) is 1. The minimum absolute atomic E-state index is 0.252. The molecule has 2 heterocycles. The number of nitrogens with zero attached hydrogens (tertiary/aromatic N) is 2. The molecule has 0 aromatic rings. The molecule has 1 amide bonds. The summed E-state index contributed by atoms with van der Waals surface area (Å²) in [5.74, 6) is -0.252. The summed E-state index contributed by atoms with van der Waals surface area (Å²) in [4.78, 5) is 16.7. The van der Waals surface area contributed by atoms with E-state index in [1.807, 2.05) is 14.0 Å². The number of nitrogens with two attached hydrogens (primary N) is 1. The molecule has 0 aromatic carbocycles. The SMILES string of the molecule is CNC(C)(CCCN1CCCN2CCCC2C1)C(N)=O. The molecule has 116 valence electrons. The third-order valence-corrected chi connectivity index (χ3v) is 5.13. The quantitative estimate of drug-likeness (QED) is 0.740. The summed E-state index contributed by atoms with van der Waals surface area (Å²) in [7, 11) is 1.81. The third kappa shape index (κ3) is 3.71. The highest BCUT2D eigenvalue weighted by molar-refractivity contribution is 5.84. The first-order chi connectivity index (χ1) is 9.55. The van der Waals surface area contributed by atoms with Crippen molar-refractivity contribution in [2.45, 2.75) is 50.6 Å². The Morgan fingerprint density at radius 2 is 2.10 bits per heavy atom. The van der Waals surface area contributed by atoms with Crippen molar-refractivity contribution in [1.29, 1.82) is 0 Å². The van der Waals surface area contributed by atoms with E-state index in [1.54, 1.807) is 0 Å². The van der Waals surface area contributed by atoms with Gasteiger partial charge in [0.2, 0.25) is 5.91 Å². The fourth-order valence-corrected chi connectivity index (χ4v) is 3.51. The van der Waals surface area contributed by atoms with Gasteiger partial charge in [0.05, 0.1) is 5.54 Å². The van der Waals surface area contributed by atoms with E-state index in [4.69, 9.17) is 5.73 Å². The van der Waals surface area contributed by atoms with Crippen molar-refractivity contribution in [2.24, 2.45) is 5.73 Å². The van der Waals surface area contributed by atoms with Gasteiger partial charge in [0.1, 0.15) is 0 Å². The minimum atomic E-state index is -0.564. The largest absolute Gasteiger partial charge is 0.368 e. The Kier molecular flexibility index (Phi) is 5.41. The zero-order valence-corrected chi connectivity index (χ0v) is 13.0. The van der Waals surface area contributed by atoms with Crippen LogP contribution >= 0.6 is 0 Å². The summed E-state index contributed by atoms with van der Waals surface area (Å²) in [5.41, 5.74) is 4.91. The first-order valence-corrected chi connectivity index (χ1v) is 8.00. The molecule has 0 saturated carbocycles. The maximum absolute atomic E-state index is 11.5. The lowest BCUT2D eigenvalue weighted by Crippen LogP contribution is -2.51. The highest BCUT2D eigenvalue weighted by atomic mass is 16.1. The number of rotatable bonds is 6. The molecule has 5 heteroatoms. The number of amides is 1. The zero-order valence-electron chi connectivity index (χ0n) is 13.0. The number of likely N-dealkylation sites (N-methyl/N-ethyl adjacent to an activating group) is 1. The standard InChI is InChI=1S/C15H30N4O/c1-15(17-2,14(16)20)7-4-8-18-9-5-11-19-10-3-6-13(19)12-18/h13,17H,3-12H2,1-2H3,(H2,16,20). The summed E-state index contributed by atoms with van der Waals surface area (Å²) in [6, 6.07) is 0.768. The highest BCUT2D eigenvalue weighted by Gasteiger charge is 2.30. The molecule has 2 saturated heterocycles. The third-order valence-electron chi connectivity index (χ3n) is 5.13. The number of hydrogen-bond donors (Lipinski definition) is 2. The fraction of sp³-hybridized carbons (Fsp3) is 0.933. The maximum atomic E-state index is 11.5. The van der Waals surface area contributed by atoms with Crippen molar-refractivity contribution < 1.29 is 4.79 Å². The predicted molar refractivity (Wildman–Crippen MR) is 81.5 cm³/mol. The average Bonchev–Trinajstić information content (AvgIpc) is 2.77. The second-order valence-corrected chi connectivity index (χ2v) is 6.54. The number of carbonyl (C=O) groups is 1. The van der Waals surface area contributed by atoms with E-state index in [0.717, 1.165) is 25.4 Å². The van der Waals surface area contributed by atoms with Crippen molar-refractivity contribution in [3.8, 4) is 0 Å². The van der Waals surface area contributed by atoms with Crippen LogP contribution in [0.3, 0.4) is 0 Å². The molecule has 3 N–H and O–H groups in total. The Labute approximate surface area is 122 Å². The summed E-state index contributed by atoms with van der Waals surface area (Å²) in [5, 5.41) is 3.06. The van der Waals surface area contributed by atoms with Crippen molar-refractivity contribution in [1.82, 2.24) is 15.1 Å². The number of carbonyl (C=O) groups excluding carboxylic acids is 1. The Hall–Kier alpha value is -0.650. The molecule has 20 heavy (non-hydrogen) atoms. The first kappa shape index (κ1) is 15.7. The molecule has 0 spiro atoms. The van der Waals surface area contributed by atoms with Crippen LogP contribution in [0.25, 0.3) is 0 Å². The van der Waals surface area contributed by atoms with E-state index in [0.29, 0.717) is 0 Å². The van der Waals surface area contributed by atoms with Gasteiger partial charge in [-0.05, 0) is 72.3 Å². The van der Waals surface area contributed by atoms with Gasteiger partial charge in [0.15, 0.2) is 0 Å². The molecule has 2 aliphatic rings. The Balaban J connectivity index is 1.77. The first-order valence-electron chi connectivity index (χ1n) is 8.00. The normalized spacial score (nSPS) is 27.8. The maximum Gasteiger partial charge on any atom is 0.237 e. The van der Waals surface area contributed by atoms with Gasteiger partial charge in [-0.15, -0.1) is 0 Å². The molecule has 2 unspecified atom stereocenters. The lowest BCUT2D eigenvalue weighted by Gasteiger charge is -2.28. The molecule has 2 rings (SSSR count). The lowest BCUT2D eigenvalue weighted by molar-refractivity contribution is -0.123. The zero-order chi connectivity index (χ0) is 14.6. The van der Waals surface area contributed by atoms with E-state index in [1.165, 1.54) is 45.4 Å². The molecule has 0 aromatic heterocycles. The van der Waals surface area contributed by atoms with Gasteiger partial charge in [-0.2, -0.15) is 0 Å². The second-order valence-electron chi connectivity index (χ2n) is 6.54. The van der Waals surface area contributed by atoms with Crippen LogP contribution in [0.4, 0.5) is 0 Å². The molecular formula is C15H30N4O. The van der Waals surface area contributed by atoms with Crippen LogP contribution in [0.1, 0.15) is 39.0 Å². The van der Waals surface area contributed by atoms with Crippen LogP contribution in [0.15, 0.2) is 0 Å². The lowest BCUT2D eigenvalue weighted by atomic mass is 9.95. The summed E-state index contributed by atoms with van der Waals surface area (Å²) in [6.45, 7) is 7.92. The van der Waals surface area contributed by atoms with E-state index < -0.39 is 5.54 Å². The van der Waals surface area contributed by atoms with Crippen LogP contribution in [0.2, 0.25) is 0 Å². The average molecular weight is 282 g/mol. The van der Waals surface area contributed by atoms with Crippen molar-refractivity contribution >= 4 is 5.91 Å². The van der Waals surface area contributed by atoms with Crippen molar-refractivity contribution in [2.75, 3.05) is 39.8 Å². The Morgan fingerprint density at radius 3 is 2.80 bits per heavy atom. The molecule has 2 fully saturated rings. The van der Waals surface area contributed by atoms with Gasteiger partial charge >= 0.3 is 0 Å². The predicted octanol–water partition coefficient (Wildman–Crippen LogP) is 0.400. The van der Waals surface area contributed by atoms with Crippen LogP contribution in [-0.4, -0.2) is 67.1 Å². The van der Waals surface area contributed by atoms with Crippen LogP contribution in [0, 0.1) is 0 Å². The molecule has 2 atom stereocenters.